The van der Waals surface area contributed by atoms with Gasteiger partial charge in [-0.1, -0.05) is 30.3 Å². The maximum Gasteiger partial charge on any atom is 0.163 e. The lowest BCUT2D eigenvalue weighted by Crippen LogP contribution is -2.23. The van der Waals surface area contributed by atoms with Gasteiger partial charge in [0.2, 0.25) is 0 Å². The van der Waals surface area contributed by atoms with Gasteiger partial charge in [-0.15, -0.1) is 0 Å². The van der Waals surface area contributed by atoms with Crippen LogP contribution in [0.15, 0.2) is 42.5 Å². The zero-order chi connectivity index (χ0) is 14.2. The summed E-state index contributed by atoms with van der Waals surface area (Å²) in [6.07, 6.45) is 3.76. The number of carbonyl (C=O) groups excluding carboxylic acids is 1. The van der Waals surface area contributed by atoms with Crippen LogP contribution in [0.4, 0.5) is 0 Å². The first-order valence-corrected chi connectivity index (χ1v) is 7.68. The molecule has 2 aromatic carbocycles. The number of fused-ring (bicyclic) bond motifs is 2. The van der Waals surface area contributed by atoms with Crippen molar-refractivity contribution in [1.29, 1.82) is 0 Å². The number of ether oxygens (including phenoxy) is 1. The Hall–Kier alpha value is -2.09. The maximum atomic E-state index is 12.0. The highest BCUT2D eigenvalue weighted by Crippen LogP contribution is 2.35. The highest BCUT2D eigenvalue weighted by molar-refractivity contribution is 5.98. The molecule has 106 valence electrons. The van der Waals surface area contributed by atoms with E-state index in [1.165, 1.54) is 16.7 Å². The Balaban J connectivity index is 1.47. The molecule has 1 unspecified atom stereocenters. The topological polar surface area (TPSA) is 26.3 Å². The fourth-order valence-electron chi connectivity index (χ4n) is 3.41. The second kappa shape index (κ2) is 5.03. The molecule has 0 aliphatic heterocycles. The van der Waals surface area contributed by atoms with Crippen LogP contribution in [0.2, 0.25) is 0 Å². The normalized spacial score (nSPS) is 19.4. The SMILES string of the molecule is O=C1CCCc2ccc(OCC3Cc4ccccc43)cc21. The average Bonchev–Trinajstić information content (AvgIpc) is 2.49. The van der Waals surface area contributed by atoms with E-state index in [-0.39, 0.29) is 5.78 Å². The Morgan fingerprint density at radius 1 is 1.05 bits per heavy atom. The van der Waals surface area contributed by atoms with Crippen LogP contribution >= 0.6 is 0 Å². The van der Waals surface area contributed by atoms with Gasteiger partial charge in [-0.05, 0) is 48.1 Å². The van der Waals surface area contributed by atoms with Crippen LogP contribution in [-0.4, -0.2) is 12.4 Å². The minimum Gasteiger partial charge on any atom is -0.493 e. The molecule has 0 radical (unpaired) electrons. The lowest BCUT2D eigenvalue weighted by atomic mass is 9.78. The predicted octanol–water partition coefficient (Wildman–Crippen LogP) is 3.92. The van der Waals surface area contributed by atoms with Gasteiger partial charge in [-0.2, -0.15) is 0 Å². The Labute approximate surface area is 124 Å². The molecule has 0 N–H and O–H groups in total. The van der Waals surface area contributed by atoms with Crippen molar-refractivity contribution in [2.24, 2.45) is 0 Å². The summed E-state index contributed by atoms with van der Waals surface area (Å²) >= 11 is 0. The third kappa shape index (κ3) is 2.25. The van der Waals surface area contributed by atoms with Crippen LogP contribution < -0.4 is 4.74 Å². The first kappa shape index (κ1) is 12.6. The van der Waals surface area contributed by atoms with Gasteiger partial charge in [-0.3, -0.25) is 4.79 Å². The van der Waals surface area contributed by atoms with Crippen LogP contribution in [0, 0.1) is 0 Å². The largest absolute Gasteiger partial charge is 0.493 e. The van der Waals surface area contributed by atoms with Gasteiger partial charge in [0, 0.05) is 17.9 Å². The third-order valence-electron chi connectivity index (χ3n) is 4.64. The molecule has 0 heterocycles. The van der Waals surface area contributed by atoms with Gasteiger partial charge in [0.1, 0.15) is 5.75 Å². The second-order valence-electron chi connectivity index (χ2n) is 6.01. The van der Waals surface area contributed by atoms with Crippen LogP contribution in [0.3, 0.4) is 0 Å². The molecule has 0 aromatic heterocycles. The molecule has 2 aliphatic rings. The molecule has 2 aliphatic carbocycles. The molecule has 4 rings (SSSR count). The monoisotopic (exact) mass is 278 g/mol. The number of benzene rings is 2. The molecular formula is C19H18O2. The Morgan fingerprint density at radius 3 is 2.86 bits per heavy atom. The fourth-order valence-corrected chi connectivity index (χ4v) is 3.41. The van der Waals surface area contributed by atoms with Crippen LogP contribution in [0.5, 0.6) is 5.75 Å². The number of rotatable bonds is 3. The van der Waals surface area contributed by atoms with Gasteiger partial charge >= 0.3 is 0 Å². The summed E-state index contributed by atoms with van der Waals surface area (Å²) in [6.45, 7) is 0.698. The molecule has 2 nitrogen and oxygen atoms in total. The summed E-state index contributed by atoms with van der Waals surface area (Å²) < 4.78 is 5.93. The molecule has 0 spiro atoms. The van der Waals surface area contributed by atoms with Crippen LogP contribution in [-0.2, 0) is 12.8 Å². The Morgan fingerprint density at radius 2 is 1.95 bits per heavy atom. The Kier molecular flexibility index (Phi) is 3.03. The molecule has 2 aromatic rings. The zero-order valence-corrected chi connectivity index (χ0v) is 12.0. The highest BCUT2D eigenvalue weighted by atomic mass is 16.5. The first-order chi connectivity index (χ1) is 10.3. The third-order valence-corrected chi connectivity index (χ3v) is 4.64. The van der Waals surface area contributed by atoms with Crippen LogP contribution in [0.1, 0.15) is 45.8 Å². The van der Waals surface area contributed by atoms with Gasteiger partial charge in [0.15, 0.2) is 5.78 Å². The highest BCUT2D eigenvalue weighted by Gasteiger charge is 2.26. The van der Waals surface area contributed by atoms with E-state index in [9.17, 15) is 4.79 Å². The number of hydrogen-bond donors (Lipinski definition) is 0. The van der Waals surface area contributed by atoms with E-state index < -0.39 is 0 Å². The lowest BCUT2D eigenvalue weighted by Gasteiger charge is -2.30. The van der Waals surface area contributed by atoms with Gasteiger partial charge < -0.3 is 4.74 Å². The van der Waals surface area contributed by atoms with Crippen molar-refractivity contribution in [3.05, 3.63) is 64.7 Å². The summed E-state index contributed by atoms with van der Waals surface area (Å²) in [5, 5.41) is 0. The first-order valence-electron chi connectivity index (χ1n) is 7.68. The van der Waals surface area contributed by atoms with E-state index in [2.05, 4.69) is 30.3 Å². The summed E-state index contributed by atoms with van der Waals surface area (Å²) in [6, 6.07) is 14.5. The fraction of sp³-hybridized carbons (Fsp3) is 0.316. The van der Waals surface area contributed by atoms with Gasteiger partial charge in [0.05, 0.1) is 6.61 Å². The Bertz CT molecular complexity index is 702. The minimum atomic E-state index is 0.260. The summed E-state index contributed by atoms with van der Waals surface area (Å²) in [5.74, 6) is 1.58. The molecule has 0 bridgehead atoms. The van der Waals surface area contributed by atoms with E-state index in [4.69, 9.17) is 4.74 Å². The molecule has 2 heteroatoms. The maximum absolute atomic E-state index is 12.0. The van der Waals surface area contributed by atoms with Crippen LogP contribution in [0.25, 0.3) is 0 Å². The molecule has 0 saturated carbocycles. The number of carbonyl (C=O) groups is 1. The van der Waals surface area contributed by atoms with E-state index in [0.717, 1.165) is 30.6 Å². The van der Waals surface area contributed by atoms with E-state index in [1.807, 2.05) is 12.1 Å². The van der Waals surface area contributed by atoms with Crippen molar-refractivity contribution in [1.82, 2.24) is 0 Å². The number of Topliss-reactive ketones (excluding diaryl/α,β-unsaturated/α-hetero) is 1. The van der Waals surface area contributed by atoms with E-state index >= 15 is 0 Å². The molecular weight excluding hydrogens is 260 g/mol. The van der Waals surface area contributed by atoms with Gasteiger partial charge in [-0.25, -0.2) is 0 Å². The quantitative estimate of drug-likeness (QED) is 0.850. The van der Waals surface area contributed by atoms with E-state index in [1.54, 1.807) is 0 Å². The predicted molar refractivity (Wildman–Crippen MR) is 82.1 cm³/mol. The molecule has 0 saturated heterocycles. The van der Waals surface area contributed by atoms with Crippen molar-refractivity contribution in [2.75, 3.05) is 6.61 Å². The number of ketones is 1. The standard InChI is InChI=1S/C19H18O2/c20-19-7-3-5-13-8-9-16(11-18(13)19)21-12-15-10-14-4-1-2-6-17(14)15/h1-2,4,6,8-9,11,15H,3,5,7,10,12H2. The number of hydrogen-bond acceptors (Lipinski definition) is 2. The summed E-state index contributed by atoms with van der Waals surface area (Å²) in [7, 11) is 0. The molecule has 0 fully saturated rings. The van der Waals surface area contributed by atoms with Gasteiger partial charge in [0.25, 0.3) is 0 Å². The zero-order valence-electron chi connectivity index (χ0n) is 12.0. The summed E-state index contributed by atoms with van der Waals surface area (Å²) in [4.78, 5) is 12.0. The molecule has 0 amide bonds. The average molecular weight is 278 g/mol. The number of aryl methyl sites for hydroxylation is 1. The molecule has 1 atom stereocenters. The van der Waals surface area contributed by atoms with Crippen molar-refractivity contribution < 1.29 is 9.53 Å². The van der Waals surface area contributed by atoms with Crippen molar-refractivity contribution in [2.45, 2.75) is 31.6 Å². The summed E-state index contributed by atoms with van der Waals surface area (Å²) in [5.41, 5.74) is 4.89. The van der Waals surface area contributed by atoms with Crippen molar-refractivity contribution in [3.63, 3.8) is 0 Å². The van der Waals surface area contributed by atoms with Crippen molar-refractivity contribution in [3.8, 4) is 5.75 Å². The van der Waals surface area contributed by atoms with Crippen molar-refractivity contribution >= 4 is 5.78 Å². The smallest absolute Gasteiger partial charge is 0.163 e. The van der Waals surface area contributed by atoms with E-state index in [0.29, 0.717) is 18.9 Å². The molecule has 21 heavy (non-hydrogen) atoms. The second-order valence-corrected chi connectivity index (χ2v) is 6.01. The minimum absolute atomic E-state index is 0.260. The lowest BCUT2D eigenvalue weighted by molar-refractivity contribution is 0.0972.